The molecule has 10 heteroatoms. The van der Waals surface area contributed by atoms with Crippen molar-refractivity contribution in [3.63, 3.8) is 0 Å². The molecule has 1 aliphatic heterocycles. The van der Waals surface area contributed by atoms with Gasteiger partial charge in [0.1, 0.15) is 18.1 Å². The summed E-state index contributed by atoms with van der Waals surface area (Å²) in [5.41, 5.74) is 3.24. The Hall–Kier alpha value is -5.25. The van der Waals surface area contributed by atoms with Gasteiger partial charge in [-0.3, -0.25) is 14.4 Å². The van der Waals surface area contributed by atoms with E-state index in [1.807, 2.05) is 54.6 Å². The van der Waals surface area contributed by atoms with Gasteiger partial charge in [-0.2, -0.15) is 4.39 Å². The number of aromatic nitrogens is 1. The van der Waals surface area contributed by atoms with E-state index < -0.39 is 11.9 Å². The van der Waals surface area contributed by atoms with E-state index in [2.05, 4.69) is 10.3 Å². The molecule has 0 aliphatic carbocycles. The lowest BCUT2D eigenvalue weighted by atomic mass is 9.89. The molecule has 0 radical (unpaired) electrons. The standard InChI is InChI=1S/C31H28FN3O4.CH2O2/c32-29-13-8-24(19-33-29)31(38)35-16-14-23(15-17-35)22-6-9-25(10-7-22)34-30(37)27-18-26(11-12-28(27)36)39-20-21-4-2-1-3-5-21;2-1-3/h1-13,18-19,23,36H,14-17,20H2,(H,34,37);1H,(H,2,3). The van der Waals surface area contributed by atoms with Gasteiger partial charge < -0.3 is 25.2 Å². The van der Waals surface area contributed by atoms with Gasteiger partial charge in [0.2, 0.25) is 5.95 Å². The number of phenolic OH excluding ortho intramolecular Hbond substituents is 1. The van der Waals surface area contributed by atoms with Crippen LogP contribution in [0.25, 0.3) is 0 Å². The molecule has 0 saturated carbocycles. The van der Waals surface area contributed by atoms with Crippen molar-refractivity contribution in [3.8, 4) is 11.5 Å². The minimum absolute atomic E-state index is 0.123. The van der Waals surface area contributed by atoms with Crippen LogP contribution in [0, 0.1) is 5.95 Å². The molecule has 0 unspecified atom stereocenters. The number of phenols is 1. The Bertz CT molecular complexity index is 1490. The summed E-state index contributed by atoms with van der Waals surface area (Å²) in [4.78, 5) is 39.3. The van der Waals surface area contributed by atoms with E-state index >= 15 is 0 Å². The summed E-state index contributed by atoms with van der Waals surface area (Å²) in [7, 11) is 0. The number of aromatic hydroxyl groups is 1. The molecule has 0 atom stereocenters. The molecular weight excluding hydrogens is 541 g/mol. The first kappa shape index (κ1) is 29.7. The number of anilines is 1. The third kappa shape index (κ3) is 7.91. The minimum Gasteiger partial charge on any atom is -0.507 e. The molecule has 216 valence electrons. The second-order valence-corrected chi connectivity index (χ2v) is 9.57. The highest BCUT2D eigenvalue weighted by molar-refractivity contribution is 6.06. The Balaban J connectivity index is 0.00000129. The highest BCUT2D eigenvalue weighted by atomic mass is 19.1. The van der Waals surface area contributed by atoms with E-state index in [1.54, 1.807) is 11.0 Å². The van der Waals surface area contributed by atoms with Crippen LogP contribution in [0.2, 0.25) is 0 Å². The van der Waals surface area contributed by atoms with Gasteiger partial charge in [0, 0.05) is 25.0 Å². The fraction of sp³-hybridized carbons (Fsp3) is 0.188. The summed E-state index contributed by atoms with van der Waals surface area (Å²) in [6.45, 7) is 1.30. The summed E-state index contributed by atoms with van der Waals surface area (Å²) in [5.74, 6) is -0.549. The van der Waals surface area contributed by atoms with Crippen LogP contribution in [0.15, 0.2) is 91.1 Å². The largest absolute Gasteiger partial charge is 0.507 e. The van der Waals surface area contributed by atoms with Crippen LogP contribution in [0.3, 0.4) is 0 Å². The van der Waals surface area contributed by atoms with Crippen molar-refractivity contribution in [2.75, 3.05) is 18.4 Å². The number of nitrogens with one attached hydrogen (secondary N) is 1. The number of benzene rings is 3. The van der Waals surface area contributed by atoms with Crippen molar-refractivity contribution in [2.24, 2.45) is 0 Å². The van der Waals surface area contributed by atoms with Crippen molar-refractivity contribution >= 4 is 24.0 Å². The molecule has 3 aromatic carbocycles. The Labute approximate surface area is 242 Å². The maximum absolute atomic E-state index is 13.1. The van der Waals surface area contributed by atoms with Crippen LogP contribution in [0.1, 0.15) is 50.6 Å². The number of rotatable bonds is 7. The molecule has 2 amide bonds. The number of nitrogens with zero attached hydrogens (tertiary/aromatic N) is 2. The molecule has 1 fully saturated rings. The molecular formula is C32H30FN3O6. The predicted molar refractivity (Wildman–Crippen MR) is 154 cm³/mol. The van der Waals surface area contributed by atoms with Crippen molar-refractivity contribution in [1.82, 2.24) is 9.88 Å². The SMILES string of the molecule is O=C(Nc1ccc(C2CCN(C(=O)c3ccc(F)nc3)CC2)cc1)c1cc(OCc2ccccc2)ccc1O.O=CO. The number of pyridine rings is 1. The highest BCUT2D eigenvalue weighted by Crippen LogP contribution is 2.30. The second kappa shape index (κ2) is 14.4. The molecule has 4 aromatic rings. The normalized spacial score (nSPS) is 12.9. The molecule has 42 heavy (non-hydrogen) atoms. The molecule has 1 aromatic heterocycles. The zero-order valence-corrected chi connectivity index (χ0v) is 22.7. The number of carboxylic acid groups (broad SMARTS) is 1. The molecule has 9 nitrogen and oxygen atoms in total. The molecule has 0 spiro atoms. The first-order valence-corrected chi connectivity index (χ1v) is 13.3. The number of amides is 2. The molecule has 5 rings (SSSR count). The number of carbonyl (C=O) groups excluding carboxylic acids is 2. The third-order valence-electron chi connectivity index (χ3n) is 6.86. The average molecular weight is 572 g/mol. The van der Waals surface area contributed by atoms with Crippen molar-refractivity contribution in [3.05, 3.63) is 119 Å². The number of hydrogen-bond donors (Lipinski definition) is 3. The lowest BCUT2D eigenvalue weighted by Crippen LogP contribution is -2.38. The van der Waals surface area contributed by atoms with Gasteiger partial charge in [0.25, 0.3) is 18.3 Å². The maximum atomic E-state index is 13.1. The van der Waals surface area contributed by atoms with Crippen LogP contribution in [-0.2, 0) is 11.4 Å². The van der Waals surface area contributed by atoms with E-state index in [9.17, 15) is 19.1 Å². The predicted octanol–water partition coefficient (Wildman–Crippen LogP) is 5.48. The zero-order chi connectivity index (χ0) is 29.9. The monoisotopic (exact) mass is 571 g/mol. The molecule has 1 aliphatic rings. The number of piperidine rings is 1. The number of halogens is 1. The fourth-order valence-corrected chi connectivity index (χ4v) is 4.67. The Kier molecular flexibility index (Phi) is 10.2. The number of hydrogen-bond acceptors (Lipinski definition) is 6. The Morgan fingerprint density at radius 1 is 1.00 bits per heavy atom. The fourth-order valence-electron chi connectivity index (χ4n) is 4.67. The van der Waals surface area contributed by atoms with Gasteiger partial charge >= 0.3 is 0 Å². The minimum atomic E-state index is -0.608. The smallest absolute Gasteiger partial charge is 0.290 e. The first-order valence-electron chi connectivity index (χ1n) is 13.3. The van der Waals surface area contributed by atoms with Crippen LogP contribution >= 0.6 is 0 Å². The lowest BCUT2D eigenvalue weighted by molar-refractivity contribution is -0.122. The third-order valence-corrected chi connectivity index (χ3v) is 6.86. The van der Waals surface area contributed by atoms with Gasteiger partial charge in [0.15, 0.2) is 0 Å². The topological polar surface area (TPSA) is 129 Å². The summed E-state index contributed by atoms with van der Waals surface area (Å²) < 4.78 is 18.8. The van der Waals surface area contributed by atoms with E-state index in [1.165, 1.54) is 30.5 Å². The first-order chi connectivity index (χ1) is 20.4. The van der Waals surface area contributed by atoms with Crippen molar-refractivity contribution in [1.29, 1.82) is 0 Å². The Morgan fingerprint density at radius 3 is 2.33 bits per heavy atom. The molecule has 3 N–H and O–H groups in total. The molecule has 0 bridgehead atoms. The van der Waals surface area contributed by atoms with Crippen LogP contribution < -0.4 is 10.1 Å². The quantitative estimate of drug-likeness (QED) is 0.198. The molecule has 2 heterocycles. The van der Waals surface area contributed by atoms with E-state index in [0.717, 1.165) is 24.0 Å². The molecule has 1 saturated heterocycles. The number of ether oxygens (including phenoxy) is 1. The van der Waals surface area contributed by atoms with E-state index in [0.29, 0.717) is 36.7 Å². The van der Waals surface area contributed by atoms with E-state index in [4.69, 9.17) is 14.6 Å². The maximum Gasteiger partial charge on any atom is 0.290 e. The summed E-state index contributed by atoms with van der Waals surface area (Å²) in [6, 6.07) is 24.6. The van der Waals surface area contributed by atoms with Gasteiger partial charge in [0.05, 0.1) is 11.1 Å². The lowest BCUT2D eigenvalue weighted by Gasteiger charge is -2.32. The Morgan fingerprint density at radius 2 is 1.69 bits per heavy atom. The van der Waals surface area contributed by atoms with Gasteiger partial charge in [-0.25, -0.2) is 4.98 Å². The van der Waals surface area contributed by atoms with Gasteiger partial charge in [-0.15, -0.1) is 0 Å². The van der Waals surface area contributed by atoms with E-state index in [-0.39, 0.29) is 29.6 Å². The van der Waals surface area contributed by atoms with Crippen molar-refractivity contribution < 1.29 is 33.7 Å². The van der Waals surface area contributed by atoms with Crippen LogP contribution in [0.4, 0.5) is 10.1 Å². The second-order valence-electron chi connectivity index (χ2n) is 9.57. The summed E-state index contributed by atoms with van der Waals surface area (Å²) in [6.07, 6.45) is 2.87. The highest BCUT2D eigenvalue weighted by Gasteiger charge is 2.25. The van der Waals surface area contributed by atoms with Gasteiger partial charge in [-0.05, 0) is 72.4 Å². The summed E-state index contributed by atoms with van der Waals surface area (Å²) >= 11 is 0. The van der Waals surface area contributed by atoms with Gasteiger partial charge in [-0.1, -0.05) is 42.5 Å². The van der Waals surface area contributed by atoms with Crippen molar-refractivity contribution in [2.45, 2.75) is 25.4 Å². The number of carbonyl (C=O) groups is 3. The number of likely N-dealkylation sites (tertiary alicyclic amines) is 1. The van der Waals surface area contributed by atoms with Crippen LogP contribution in [-0.4, -0.2) is 51.5 Å². The summed E-state index contributed by atoms with van der Waals surface area (Å²) in [5, 5.41) is 20.0. The zero-order valence-electron chi connectivity index (χ0n) is 22.7. The average Bonchev–Trinajstić information content (AvgIpc) is 3.02. The van der Waals surface area contributed by atoms with Crippen LogP contribution in [0.5, 0.6) is 11.5 Å².